The third kappa shape index (κ3) is 3.47. The van der Waals surface area contributed by atoms with Crippen LogP contribution in [0.1, 0.15) is 19.8 Å². The summed E-state index contributed by atoms with van der Waals surface area (Å²) in [6, 6.07) is 8.01. The Kier molecular flexibility index (Phi) is 4.80. The van der Waals surface area contributed by atoms with Gasteiger partial charge >= 0.3 is 0 Å². The maximum Gasteiger partial charge on any atom is 0.227 e. The number of nitrogens with zero attached hydrogens (tertiary/aromatic N) is 1. The second kappa shape index (κ2) is 6.57. The first-order valence-corrected chi connectivity index (χ1v) is 6.84. The summed E-state index contributed by atoms with van der Waals surface area (Å²) < 4.78 is 5.13. The van der Waals surface area contributed by atoms with E-state index in [0.717, 1.165) is 37.5 Å². The number of carbonyl (C=O) groups is 1. The van der Waals surface area contributed by atoms with Crippen LogP contribution in [-0.2, 0) is 9.53 Å². The largest absolute Gasteiger partial charge is 0.384 e. The third-order valence-corrected chi connectivity index (χ3v) is 3.36. The monoisotopic (exact) mass is 262 g/mol. The number of anilines is 2. The van der Waals surface area contributed by atoms with Crippen LogP contribution in [0.2, 0.25) is 0 Å². The standard InChI is InChI=1S/C15H22N2O2/c1-12(11-19-2)10-16-13-6-3-4-7-14(13)17-9-5-8-15(17)18/h3-4,6-7,12,16H,5,8-11H2,1-2H3. The molecule has 0 saturated carbocycles. The molecule has 2 rings (SSSR count). The Labute approximate surface area is 114 Å². The van der Waals surface area contributed by atoms with Crippen molar-refractivity contribution in [2.24, 2.45) is 5.92 Å². The molecule has 1 amide bonds. The minimum atomic E-state index is 0.221. The number of benzene rings is 1. The minimum absolute atomic E-state index is 0.221. The highest BCUT2D eigenvalue weighted by atomic mass is 16.5. The summed E-state index contributed by atoms with van der Waals surface area (Å²) in [5, 5.41) is 3.42. The molecule has 0 spiro atoms. The number of para-hydroxylation sites is 2. The Bertz CT molecular complexity index is 434. The predicted molar refractivity (Wildman–Crippen MR) is 77.6 cm³/mol. The number of methoxy groups -OCH3 is 1. The summed E-state index contributed by atoms with van der Waals surface area (Å²) >= 11 is 0. The van der Waals surface area contributed by atoms with E-state index in [4.69, 9.17) is 4.74 Å². The van der Waals surface area contributed by atoms with Crippen LogP contribution >= 0.6 is 0 Å². The van der Waals surface area contributed by atoms with Gasteiger partial charge in [0.05, 0.1) is 18.0 Å². The molecule has 1 fully saturated rings. The van der Waals surface area contributed by atoms with Crippen LogP contribution in [0.3, 0.4) is 0 Å². The lowest BCUT2D eigenvalue weighted by molar-refractivity contribution is -0.117. The van der Waals surface area contributed by atoms with E-state index < -0.39 is 0 Å². The zero-order valence-corrected chi connectivity index (χ0v) is 11.7. The smallest absolute Gasteiger partial charge is 0.227 e. The Balaban J connectivity index is 2.06. The van der Waals surface area contributed by atoms with Crippen molar-refractivity contribution in [2.45, 2.75) is 19.8 Å². The highest BCUT2D eigenvalue weighted by molar-refractivity contribution is 5.98. The molecule has 1 aliphatic heterocycles. The van der Waals surface area contributed by atoms with Crippen LogP contribution in [0.15, 0.2) is 24.3 Å². The molecule has 1 aliphatic rings. The van der Waals surface area contributed by atoms with Crippen molar-refractivity contribution in [1.82, 2.24) is 0 Å². The van der Waals surface area contributed by atoms with E-state index >= 15 is 0 Å². The van der Waals surface area contributed by atoms with Crippen LogP contribution in [0.25, 0.3) is 0 Å². The molecule has 19 heavy (non-hydrogen) atoms. The summed E-state index contributed by atoms with van der Waals surface area (Å²) in [7, 11) is 1.72. The van der Waals surface area contributed by atoms with Crippen molar-refractivity contribution in [3.05, 3.63) is 24.3 Å². The first-order chi connectivity index (χ1) is 9.22. The first kappa shape index (κ1) is 13.9. The molecule has 0 bridgehead atoms. The van der Waals surface area contributed by atoms with Crippen molar-refractivity contribution < 1.29 is 9.53 Å². The molecule has 1 unspecified atom stereocenters. The molecule has 4 heteroatoms. The molecular weight excluding hydrogens is 240 g/mol. The number of ether oxygens (including phenoxy) is 1. The van der Waals surface area contributed by atoms with E-state index in [9.17, 15) is 4.79 Å². The number of rotatable bonds is 6. The summed E-state index contributed by atoms with van der Waals surface area (Å²) in [6.07, 6.45) is 1.61. The van der Waals surface area contributed by atoms with Crippen molar-refractivity contribution in [3.8, 4) is 0 Å². The van der Waals surface area contributed by atoms with Gasteiger partial charge in [-0.25, -0.2) is 0 Å². The fraction of sp³-hybridized carbons (Fsp3) is 0.533. The van der Waals surface area contributed by atoms with Gasteiger partial charge in [-0.3, -0.25) is 4.79 Å². The summed E-state index contributed by atoms with van der Waals surface area (Å²) in [4.78, 5) is 13.7. The maximum absolute atomic E-state index is 11.8. The van der Waals surface area contributed by atoms with Crippen LogP contribution in [0.5, 0.6) is 0 Å². The second-order valence-electron chi connectivity index (χ2n) is 5.11. The van der Waals surface area contributed by atoms with E-state index in [1.54, 1.807) is 7.11 Å². The SMILES string of the molecule is COCC(C)CNc1ccccc1N1CCCC1=O. The highest BCUT2D eigenvalue weighted by Gasteiger charge is 2.23. The summed E-state index contributed by atoms with van der Waals surface area (Å²) in [5.41, 5.74) is 2.02. The van der Waals surface area contributed by atoms with Gasteiger partial charge in [-0.05, 0) is 24.5 Å². The summed E-state index contributed by atoms with van der Waals surface area (Å²) in [5.74, 6) is 0.659. The van der Waals surface area contributed by atoms with Crippen molar-refractivity contribution in [2.75, 3.05) is 37.0 Å². The zero-order valence-electron chi connectivity index (χ0n) is 11.7. The van der Waals surface area contributed by atoms with Gasteiger partial charge < -0.3 is 15.0 Å². The van der Waals surface area contributed by atoms with Crippen LogP contribution in [0, 0.1) is 5.92 Å². The molecule has 0 radical (unpaired) electrons. The van der Waals surface area contributed by atoms with Gasteiger partial charge in [0.15, 0.2) is 0 Å². The molecule has 1 heterocycles. The second-order valence-corrected chi connectivity index (χ2v) is 5.11. The normalized spacial score (nSPS) is 16.7. The Morgan fingerprint density at radius 2 is 2.21 bits per heavy atom. The zero-order chi connectivity index (χ0) is 13.7. The van der Waals surface area contributed by atoms with Crippen molar-refractivity contribution >= 4 is 17.3 Å². The van der Waals surface area contributed by atoms with Gasteiger partial charge in [-0.2, -0.15) is 0 Å². The number of amides is 1. The molecule has 104 valence electrons. The molecule has 0 aliphatic carbocycles. The van der Waals surface area contributed by atoms with Gasteiger partial charge in [0, 0.05) is 26.6 Å². The lowest BCUT2D eigenvalue weighted by atomic mass is 10.2. The highest BCUT2D eigenvalue weighted by Crippen LogP contribution is 2.29. The van der Waals surface area contributed by atoms with Gasteiger partial charge in [0.1, 0.15) is 0 Å². The first-order valence-electron chi connectivity index (χ1n) is 6.84. The van der Waals surface area contributed by atoms with Gasteiger partial charge in [-0.1, -0.05) is 19.1 Å². The average molecular weight is 262 g/mol. The molecular formula is C15H22N2O2. The van der Waals surface area contributed by atoms with E-state index in [1.165, 1.54) is 0 Å². The van der Waals surface area contributed by atoms with Crippen LogP contribution in [0.4, 0.5) is 11.4 Å². The van der Waals surface area contributed by atoms with Crippen molar-refractivity contribution in [1.29, 1.82) is 0 Å². The van der Waals surface area contributed by atoms with E-state index in [1.807, 2.05) is 29.2 Å². The number of hydrogen-bond acceptors (Lipinski definition) is 3. The van der Waals surface area contributed by atoms with E-state index in [-0.39, 0.29) is 5.91 Å². The van der Waals surface area contributed by atoms with Gasteiger partial charge in [0.25, 0.3) is 0 Å². The number of nitrogens with one attached hydrogen (secondary N) is 1. The molecule has 1 aromatic carbocycles. The molecule has 1 atom stereocenters. The van der Waals surface area contributed by atoms with Gasteiger partial charge in [-0.15, -0.1) is 0 Å². The predicted octanol–water partition coefficient (Wildman–Crippen LogP) is 2.51. The average Bonchev–Trinajstić information content (AvgIpc) is 2.83. The Morgan fingerprint density at radius 1 is 1.42 bits per heavy atom. The van der Waals surface area contributed by atoms with E-state index in [0.29, 0.717) is 12.3 Å². The number of carbonyl (C=O) groups excluding carboxylic acids is 1. The Hall–Kier alpha value is -1.55. The minimum Gasteiger partial charge on any atom is -0.384 e. The molecule has 4 nitrogen and oxygen atoms in total. The maximum atomic E-state index is 11.8. The van der Waals surface area contributed by atoms with Gasteiger partial charge in [0.2, 0.25) is 5.91 Å². The van der Waals surface area contributed by atoms with Crippen LogP contribution in [-0.4, -0.2) is 32.7 Å². The quantitative estimate of drug-likeness (QED) is 0.856. The summed E-state index contributed by atoms with van der Waals surface area (Å²) in [6.45, 7) is 4.54. The number of hydrogen-bond donors (Lipinski definition) is 1. The topological polar surface area (TPSA) is 41.6 Å². The lowest BCUT2D eigenvalue weighted by Gasteiger charge is -2.21. The van der Waals surface area contributed by atoms with Crippen LogP contribution < -0.4 is 10.2 Å². The fourth-order valence-corrected chi connectivity index (χ4v) is 2.39. The molecule has 1 aromatic rings. The fourth-order valence-electron chi connectivity index (χ4n) is 2.39. The lowest BCUT2D eigenvalue weighted by Crippen LogP contribution is -2.25. The Morgan fingerprint density at radius 3 is 2.89 bits per heavy atom. The van der Waals surface area contributed by atoms with Crippen molar-refractivity contribution in [3.63, 3.8) is 0 Å². The van der Waals surface area contributed by atoms with E-state index in [2.05, 4.69) is 12.2 Å². The molecule has 1 N–H and O–H groups in total. The molecule has 0 aromatic heterocycles. The molecule has 1 saturated heterocycles. The third-order valence-electron chi connectivity index (χ3n) is 3.36.